The lowest BCUT2D eigenvalue weighted by atomic mass is 10.0. The number of nitrogens with one attached hydrogen (secondary N) is 1. The molecule has 0 spiro atoms. The molecule has 1 N–H and O–H groups in total. The third-order valence-electron chi connectivity index (χ3n) is 3.67. The van der Waals surface area contributed by atoms with Gasteiger partial charge in [-0.15, -0.1) is 23.7 Å². The molecule has 1 saturated heterocycles. The second-order valence-corrected chi connectivity index (χ2v) is 5.84. The van der Waals surface area contributed by atoms with E-state index in [1.54, 1.807) is 18.4 Å². The zero-order valence-corrected chi connectivity index (χ0v) is 13.6. The van der Waals surface area contributed by atoms with Crippen LogP contribution in [0, 0.1) is 0 Å². The van der Waals surface area contributed by atoms with E-state index in [1.165, 1.54) is 10.6 Å². The van der Waals surface area contributed by atoms with E-state index in [4.69, 9.17) is 4.74 Å². The molecule has 0 amide bonds. The number of aromatic nitrogens is 1. The first-order valence-electron chi connectivity index (χ1n) is 6.84. The maximum Gasteiger partial charge on any atom is 0.123 e. The Kier molecular flexibility index (Phi) is 5.99. The van der Waals surface area contributed by atoms with Crippen LogP contribution < -0.4 is 10.1 Å². The molecule has 1 aromatic heterocycles. The Labute approximate surface area is 135 Å². The summed E-state index contributed by atoms with van der Waals surface area (Å²) in [5.74, 6) is 0.963. The summed E-state index contributed by atoms with van der Waals surface area (Å²) in [4.78, 5) is 6.89. The number of piperazine rings is 1. The summed E-state index contributed by atoms with van der Waals surface area (Å²) < 4.78 is 5.51. The average Bonchev–Trinajstić information content (AvgIpc) is 3.01. The topological polar surface area (TPSA) is 37.4 Å². The molecule has 0 aliphatic carbocycles. The van der Waals surface area contributed by atoms with Gasteiger partial charge in [0.1, 0.15) is 10.8 Å². The first-order chi connectivity index (χ1) is 9.88. The fourth-order valence-electron chi connectivity index (χ4n) is 2.69. The van der Waals surface area contributed by atoms with Crippen LogP contribution in [0.2, 0.25) is 0 Å². The summed E-state index contributed by atoms with van der Waals surface area (Å²) >= 11 is 1.72. The summed E-state index contributed by atoms with van der Waals surface area (Å²) in [7, 11) is 1.74. The fourth-order valence-corrected chi connectivity index (χ4v) is 3.33. The first-order valence-corrected chi connectivity index (χ1v) is 7.72. The van der Waals surface area contributed by atoms with Gasteiger partial charge in [0, 0.05) is 36.8 Å². The van der Waals surface area contributed by atoms with Crippen molar-refractivity contribution in [3.8, 4) is 5.75 Å². The predicted molar refractivity (Wildman–Crippen MR) is 88.4 cm³/mol. The van der Waals surface area contributed by atoms with Crippen LogP contribution in [0.3, 0.4) is 0 Å². The van der Waals surface area contributed by atoms with E-state index in [-0.39, 0.29) is 12.4 Å². The summed E-state index contributed by atoms with van der Waals surface area (Å²) in [5.41, 5.74) is 1.25. The van der Waals surface area contributed by atoms with E-state index in [0.717, 1.165) is 31.9 Å². The zero-order chi connectivity index (χ0) is 13.8. The minimum Gasteiger partial charge on any atom is -0.496 e. The number of halogens is 1. The number of rotatable bonds is 4. The highest BCUT2D eigenvalue weighted by Gasteiger charge is 2.26. The van der Waals surface area contributed by atoms with Gasteiger partial charge >= 0.3 is 0 Å². The van der Waals surface area contributed by atoms with E-state index in [1.807, 2.05) is 23.7 Å². The Morgan fingerprint density at radius 2 is 2.29 bits per heavy atom. The summed E-state index contributed by atoms with van der Waals surface area (Å²) in [6.45, 7) is 3.91. The molecule has 1 fully saturated rings. The number of thiazole rings is 1. The van der Waals surface area contributed by atoms with Gasteiger partial charge in [0.2, 0.25) is 0 Å². The third kappa shape index (κ3) is 3.74. The van der Waals surface area contributed by atoms with Gasteiger partial charge in [0.05, 0.1) is 19.7 Å². The van der Waals surface area contributed by atoms with Gasteiger partial charge in [-0.25, -0.2) is 4.98 Å². The minimum absolute atomic E-state index is 0. The van der Waals surface area contributed by atoms with Gasteiger partial charge in [-0.05, 0) is 6.07 Å². The second kappa shape index (κ2) is 7.75. The smallest absolute Gasteiger partial charge is 0.123 e. The number of hydrogen-bond donors (Lipinski definition) is 1. The molecule has 4 nitrogen and oxygen atoms in total. The average molecular weight is 326 g/mol. The highest BCUT2D eigenvalue weighted by Crippen LogP contribution is 2.31. The van der Waals surface area contributed by atoms with E-state index < -0.39 is 0 Å². The van der Waals surface area contributed by atoms with Crippen LogP contribution in [0.4, 0.5) is 0 Å². The lowest BCUT2D eigenvalue weighted by Crippen LogP contribution is -2.45. The standard InChI is InChI=1S/C15H19N3OS.ClH/c1-19-14-5-3-2-4-12(14)13-10-16-6-8-18(13)11-15-17-7-9-20-15;/h2-5,7,9,13,16H,6,8,10-11H2,1H3;1H. The van der Waals surface area contributed by atoms with Crippen LogP contribution in [-0.2, 0) is 6.54 Å². The lowest BCUT2D eigenvalue weighted by Gasteiger charge is -2.36. The Bertz CT molecular complexity index is 550. The molecule has 21 heavy (non-hydrogen) atoms. The van der Waals surface area contributed by atoms with Crippen LogP contribution in [-0.4, -0.2) is 36.6 Å². The molecule has 0 saturated carbocycles. The molecule has 1 unspecified atom stereocenters. The van der Waals surface area contributed by atoms with Crippen molar-refractivity contribution >= 4 is 23.7 Å². The van der Waals surface area contributed by atoms with Crippen molar-refractivity contribution in [2.75, 3.05) is 26.7 Å². The molecular weight excluding hydrogens is 306 g/mol. The molecule has 2 heterocycles. The molecule has 3 rings (SSSR count). The Morgan fingerprint density at radius 3 is 3.05 bits per heavy atom. The van der Waals surface area contributed by atoms with Crippen molar-refractivity contribution in [2.24, 2.45) is 0 Å². The van der Waals surface area contributed by atoms with Crippen LogP contribution in [0.15, 0.2) is 35.8 Å². The van der Waals surface area contributed by atoms with Crippen LogP contribution in [0.5, 0.6) is 5.75 Å². The van der Waals surface area contributed by atoms with Gasteiger partial charge in [-0.1, -0.05) is 18.2 Å². The fraction of sp³-hybridized carbons (Fsp3) is 0.400. The van der Waals surface area contributed by atoms with E-state index in [0.29, 0.717) is 6.04 Å². The van der Waals surface area contributed by atoms with Crippen molar-refractivity contribution < 1.29 is 4.74 Å². The molecule has 1 aromatic carbocycles. The SMILES string of the molecule is COc1ccccc1C1CNCCN1Cc1nccs1.Cl. The van der Waals surface area contributed by atoms with Crippen LogP contribution in [0.25, 0.3) is 0 Å². The molecule has 2 aromatic rings. The van der Waals surface area contributed by atoms with Gasteiger partial charge in [-0.2, -0.15) is 0 Å². The van der Waals surface area contributed by atoms with Crippen LogP contribution in [0.1, 0.15) is 16.6 Å². The maximum atomic E-state index is 5.51. The normalized spacial score (nSPS) is 19.0. The Morgan fingerprint density at radius 1 is 1.43 bits per heavy atom. The van der Waals surface area contributed by atoms with Crippen LogP contribution >= 0.6 is 23.7 Å². The number of ether oxygens (including phenoxy) is 1. The number of methoxy groups -OCH3 is 1. The Balaban J connectivity index is 0.00000161. The summed E-state index contributed by atoms with van der Waals surface area (Å²) in [5, 5.41) is 6.69. The lowest BCUT2D eigenvalue weighted by molar-refractivity contribution is 0.151. The first kappa shape index (κ1) is 16.2. The second-order valence-electron chi connectivity index (χ2n) is 4.86. The number of nitrogens with zero attached hydrogens (tertiary/aromatic N) is 2. The highest BCUT2D eigenvalue weighted by atomic mass is 35.5. The van der Waals surface area contributed by atoms with Crippen molar-refractivity contribution in [3.63, 3.8) is 0 Å². The molecule has 1 atom stereocenters. The predicted octanol–water partition coefficient (Wildman–Crippen LogP) is 2.72. The molecule has 6 heteroatoms. The zero-order valence-electron chi connectivity index (χ0n) is 12.0. The van der Waals surface area contributed by atoms with Gasteiger partial charge in [0.15, 0.2) is 0 Å². The van der Waals surface area contributed by atoms with Gasteiger partial charge in [0.25, 0.3) is 0 Å². The quantitative estimate of drug-likeness (QED) is 0.938. The highest BCUT2D eigenvalue weighted by molar-refractivity contribution is 7.09. The summed E-state index contributed by atoms with van der Waals surface area (Å²) in [6, 6.07) is 8.62. The van der Waals surface area contributed by atoms with Gasteiger partial charge < -0.3 is 10.1 Å². The van der Waals surface area contributed by atoms with E-state index >= 15 is 0 Å². The molecule has 1 aliphatic rings. The van der Waals surface area contributed by atoms with Crippen molar-refractivity contribution in [1.82, 2.24) is 15.2 Å². The van der Waals surface area contributed by atoms with Gasteiger partial charge in [-0.3, -0.25) is 4.90 Å². The largest absolute Gasteiger partial charge is 0.496 e. The molecule has 0 radical (unpaired) electrons. The van der Waals surface area contributed by atoms with Crippen molar-refractivity contribution in [2.45, 2.75) is 12.6 Å². The third-order valence-corrected chi connectivity index (χ3v) is 4.44. The number of benzene rings is 1. The number of para-hydroxylation sites is 1. The molecular formula is C15H20ClN3OS. The van der Waals surface area contributed by atoms with E-state index in [9.17, 15) is 0 Å². The van der Waals surface area contributed by atoms with Crippen molar-refractivity contribution in [1.29, 1.82) is 0 Å². The monoisotopic (exact) mass is 325 g/mol. The van der Waals surface area contributed by atoms with E-state index in [2.05, 4.69) is 27.3 Å². The van der Waals surface area contributed by atoms with Crippen molar-refractivity contribution in [3.05, 3.63) is 46.4 Å². The molecule has 1 aliphatic heterocycles. The molecule has 114 valence electrons. The molecule has 0 bridgehead atoms. The maximum absolute atomic E-state index is 5.51. The summed E-state index contributed by atoms with van der Waals surface area (Å²) in [6.07, 6.45) is 1.88. The Hall–Kier alpha value is -1.14. The number of hydrogen-bond acceptors (Lipinski definition) is 5. The minimum atomic E-state index is 0.